The van der Waals surface area contributed by atoms with Crippen LogP contribution in [0.15, 0.2) is 53.4 Å². The van der Waals surface area contributed by atoms with Crippen LogP contribution in [-0.4, -0.2) is 25.5 Å². The van der Waals surface area contributed by atoms with Gasteiger partial charge in [-0.05, 0) is 42.3 Å². The highest BCUT2D eigenvalue weighted by Crippen LogP contribution is 2.14. The van der Waals surface area contributed by atoms with E-state index in [9.17, 15) is 17.6 Å². The number of halogens is 1. The molecule has 6 nitrogen and oxygen atoms in total. The summed E-state index contributed by atoms with van der Waals surface area (Å²) in [6.07, 6.45) is 0.527. The van der Waals surface area contributed by atoms with Gasteiger partial charge in [-0.3, -0.25) is 4.55 Å². The van der Waals surface area contributed by atoms with Gasteiger partial charge < -0.3 is 10.6 Å². The molecule has 0 aromatic heterocycles. The minimum atomic E-state index is -4.32. The Morgan fingerprint density at radius 1 is 1.13 bits per heavy atom. The van der Waals surface area contributed by atoms with Crippen molar-refractivity contribution in [1.82, 2.24) is 5.32 Å². The molecule has 0 fully saturated rings. The summed E-state index contributed by atoms with van der Waals surface area (Å²) >= 11 is 0. The lowest BCUT2D eigenvalue weighted by molar-refractivity contribution is 0.252. The summed E-state index contributed by atoms with van der Waals surface area (Å²) in [5.41, 5.74) is 1.11. The molecule has 0 bridgehead atoms. The summed E-state index contributed by atoms with van der Waals surface area (Å²) in [6, 6.07) is 10.7. The number of benzene rings is 2. The number of amides is 2. The standard InChI is InChI=1S/C15H15FN2O4S/c16-12-6-4-11(5-7-12)8-9-17-15(19)18-13-2-1-3-14(10-13)23(20,21)22/h1-7,10H,8-9H2,(H2,17,18,19)(H,20,21,22). The Hall–Kier alpha value is -2.45. The normalized spacial score (nSPS) is 11.0. The predicted molar refractivity (Wildman–Crippen MR) is 83.4 cm³/mol. The first-order valence-corrected chi connectivity index (χ1v) is 8.15. The van der Waals surface area contributed by atoms with Gasteiger partial charge in [-0.25, -0.2) is 9.18 Å². The Morgan fingerprint density at radius 2 is 1.83 bits per heavy atom. The van der Waals surface area contributed by atoms with Crippen LogP contribution in [0.2, 0.25) is 0 Å². The Kier molecular flexibility index (Phi) is 5.30. The first-order chi connectivity index (χ1) is 10.8. The van der Waals surface area contributed by atoms with Crippen molar-refractivity contribution in [3.05, 3.63) is 59.9 Å². The molecule has 0 aliphatic carbocycles. The molecule has 0 spiro atoms. The number of rotatable bonds is 5. The molecule has 2 aromatic rings. The van der Waals surface area contributed by atoms with Crippen LogP contribution in [0.3, 0.4) is 0 Å². The smallest absolute Gasteiger partial charge is 0.319 e. The van der Waals surface area contributed by atoms with Crippen LogP contribution >= 0.6 is 0 Å². The minimum Gasteiger partial charge on any atom is -0.338 e. The van der Waals surface area contributed by atoms with Crippen molar-refractivity contribution in [2.75, 3.05) is 11.9 Å². The number of hydrogen-bond donors (Lipinski definition) is 3. The molecule has 0 saturated carbocycles. The maximum Gasteiger partial charge on any atom is 0.319 e. The second-order valence-corrected chi connectivity index (χ2v) is 6.18. The van der Waals surface area contributed by atoms with Gasteiger partial charge in [0.2, 0.25) is 0 Å². The summed E-state index contributed by atoms with van der Waals surface area (Å²) in [5, 5.41) is 5.06. The molecule has 8 heteroatoms. The first-order valence-electron chi connectivity index (χ1n) is 6.71. The number of hydrogen-bond acceptors (Lipinski definition) is 3. The Morgan fingerprint density at radius 3 is 2.48 bits per heavy atom. The predicted octanol–water partition coefficient (Wildman–Crippen LogP) is 2.44. The zero-order valence-electron chi connectivity index (χ0n) is 12.0. The average molecular weight is 338 g/mol. The van der Waals surface area contributed by atoms with Gasteiger partial charge in [-0.1, -0.05) is 18.2 Å². The zero-order valence-corrected chi connectivity index (χ0v) is 12.8. The highest BCUT2D eigenvalue weighted by Gasteiger charge is 2.10. The van der Waals surface area contributed by atoms with Gasteiger partial charge in [0, 0.05) is 12.2 Å². The monoisotopic (exact) mass is 338 g/mol. The van der Waals surface area contributed by atoms with Gasteiger partial charge in [0.1, 0.15) is 5.82 Å². The van der Waals surface area contributed by atoms with Crippen molar-refractivity contribution < 1.29 is 22.2 Å². The van der Waals surface area contributed by atoms with Gasteiger partial charge in [-0.15, -0.1) is 0 Å². The number of nitrogens with one attached hydrogen (secondary N) is 2. The van der Waals surface area contributed by atoms with Crippen LogP contribution in [0.5, 0.6) is 0 Å². The molecule has 0 aliphatic heterocycles. The van der Waals surface area contributed by atoms with E-state index in [2.05, 4.69) is 10.6 Å². The van der Waals surface area contributed by atoms with Crippen molar-refractivity contribution in [3.63, 3.8) is 0 Å². The number of anilines is 1. The van der Waals surface area contributed by atoms with Gasteiger partial charge in [0.05, 0.1) is 4.90 Å². The highest BCUT2D eigenvalue weighted by atomic mass is 32.2. The van der Waals surface area contributed by atoms with Crippen molar-refractivity contribution in [1.29, 1.82) is 0 Å². The van der Waals surface area contributed by atoms with Crippen LogP contribution in [-0.2, 0) is 16.5 Å². The fraction of sp³-hybridized carbons (Fsp3) is 0.133. The second kappa shape index (κ2) is 7.21. The van der Waals surface area contributed by atoms with E-state index in [1.807, 2.05) is 0 Å². The number of urea groups is 1. The third kappa shape index (κ3) is 5.35. The molecule has 23 heavy (non-hydrogen) atoms. The highest BCUT2D eigenvalue weighted by molar-refractivity contribution is 7.85. The van der Waals surface area contributed by atoms with Gasteiger partial charge in [-0.2, -0.15) is 8.42 Å². The fourth-order valence-corrected chi connectivity index (χ4v) is 2.41. The molecule has 0 saturated heterocycles. The van der Waals surface area contributed by atoms with Crippen LogP contribution in [0, 0.1) is 5.82 Å². The van der Waals surface area contributed by atoms with Crippen molar-refractivity contribution in [3.8, 4) is 0 Å². The van der Waals surface area contributed by atoms with Crippen LogP contribution in [0.25, 0.3) is 0 Å². The van der Waals surface area contributed by atoms with Crippen LogP contribution in [0.1, 0.15) is 5.56 Å². The molecule has 2 amide bonds. The Bertz CT molecular complexity index is 791. The quantitative estimate of drug-likeness (QED) is 0.730. The van der Waals surface area contributed by atoms with Crippen molar-refractivity contribution in [2.24, 2.45) is 0 Å². The molecular formula is C15H15FN2O4S. The summed E-state index contributed by atoms with van der Waals surface area (Å²) in [6.45, 7) is 0.329. The summed E-state index contributed by atoms with van der Waals surface area (Å²) in [5.74, 6) is -0.321. The van der Waals surface area contributed by atoms with E-state index in [4.69, 9.17) is 4.55 Å². The van der Waals surface area contributed by atoms with E-state index in [0.29, 0.717) is 13.0 Å². The zero-order chi connectivity index (χ0) is 16.9. The third-order valence-electron chi connectivity index (χ3n) is 3.00. The Balaban J connectivity index is 1.86. The lowest BCUT2D eigenvalue weighted by Crippen LogP contribution is -2.30. The van der Waals surface area contributed by atoms with E-state index in [1.54, 1.807) is 12.1 Å². The molecule has 3 N–H and O–H groups in total. The van der Waals surface area contributed by atoms with E-state index in [0.717, 1.165) is 11.6 Å². The second-order valence-electron chi connectivity index (χ2n) is 4.76. The van der Waals surface area contributed by atoms with E-state index in [1.165, 1.54) is 30.3 Å². The van der Waals surface area contributed by atoms with Gasteiger partial charge >= 0.3 is 6.03 Å². The Labute approximate surface area is 133 Å². The van der Waals surface area contributed by atoms with Gasteiger partial charge in [0.15, 0.2) is 0 Å². The lowest BCUT2D eigenvalue weighted by Gasteiger charge is -2.08. The molecule has 2 rings (SSSR count). The maximum absolute atomic E-state index is 12.8. The topological polar surface area (TPSA) is 95.5 Å². The number of carbonyl (C=O) groups excluding carboxylic acids is 1. The lowest BCUT2D eigenvalue weighted by atomic mass is 10.1. The molecular weight excluding hydrogens is 323 g/mol. The largest absolute Gasteiger partial charge is 0.338 e. The van der Waals surface area contributed by atoms with E-state index < -0.39 is 16.1 Å². The molecule has 0 atom stereocenters. The first kappa shape index (κ1) is 16.9. The minimum absolute atomic E-state index is 0.236. The maximum atomic E-state index is 12.8. The summed E-state index contributed by atoms with van der Waals surface area (Å²) < 4.78 is 43.8. The molecule has 0 aliphatic rings. The molecule has 0 heterocycles. The molecule has 2 aromatic carbocycles. The third-order valence-corrected chi connectivity index (χ3v) is 3.85. The van der Waals surface area contributed by atoms with Gasteiger partial charge in [0.25, 0.3) is 10.1 Å². The molecule has 0 radical (unpaired) electrons. The van der Waals surface area contributed by atoms with E-state index >= 15 is 0 Å². The SMILES string of the molecule is O=C(NCCc1ccc(F)cc1)Nc1cccc(S(=O)(=O)O)c1. The van der Waals surface area contributed by atoms with E-state index in [-0.39, 0.29) is 16.4 Å². The average Bonchev–Trinajstić information content (AvgIpc) is 2.49. The van der Waals surface area contributed by atoms with Crippen molar-refractivity contribution >= 4 is 21.8 Å². The molecule has 122 valence electrons. The van der Waals surface area contributed by atoms with Crippen LogP contribution < -0.4 is 10.6 Å². The van der Waals surface area contributed by atoms with Crippen LogP contribution in [0.4, 0.5) is 14.9 Å². The van der Waals surface area contributed by atoms with Crippen molar-refractivity contribution in [2.45, 2.75) is 11.3 Å². The fourth-order valence-electron chi connectivity index (χ4n) is 1.88. The summed E-state index contributed by atoms with van der Waals surface area (Å²) in [7, 11) is -4.32. The molecule has 0 unspecified atom stereocenters. The number of carbonyl (C=O) groups is 1. The summed E-state index contributed by atoms with van der Waals surface area (Å²) in [4.78, 5) is 11.4.